The lowest BCUT2D eigenvalue weighted by Crippen LogP contribution is -2.35. The van der Waals surface area contributed by atoms with Gasteiger partial charge < -0.3 is 20.9 Å². The number of carbonyl (C=O) groups is 1. The largest absolute Gasteiger partial charge is 0.416 e. The van der Waals surface area contributed by atoms with E-state index in [0.717, 1.165) is 23.3 Å². The second kappa shape index (κ2) is 12.1. The van der Waals surface area contributed by atoms with Gasteiger partial charge in [0.2, 0.25) is 5.95 Å². The summed E-state index contributed by atoms with van der Waals surface area (Å²) in [6.45, 7) is 4.26. The standard InChI is InChI=1S/C29H30F3N7O/c1-18-7-8-20(12-26(18)38-28-35-11-9-25(37-28)21-6-5-10-34-16-21)27(40)36-23-13-22(29(30,31)32)14-24(15-23)39(4)17-19(2)33-3/h5-16,19,33H,17H2,1-4H3,(H,36,40)(H,35,37,38)/t19-/m1/s1. The average molecular weight is 550 g/mol. The Morgan fingerprint density at radius 3 is 2.58 bits per heavy atom. The summed E-state index contributed by atoms with van der Waals surface area (Å²) in [5.41, 5.74) is 2.70. The Labute approximate surface area is 230 Å². The molecule has 3 N–H and O–H groups in total. The van der Waals surface area contributed by atoms with Crippen molar-refractivity contribution in [2.45, 2.75) is 26.1 Å². The van der Waals surface area contributed by atoms with Crippen molar-refractivity contribution in [2.75, 3.05) is 36.2 Å². The zero-order valence-corrected chi connectivity index (χ0v) is 22.5. The fourth-order valence-corrected chi connectivity index (χ4v) is 3.99. The first kappa shape index (κ1) is 28.5. The minimum Gasteiger partial charge on any atom is -0.373 e. The number of nitrogens with one attached hydrogen (secondary N) is 3. The molecule has 8 nitrogen and oxygen atoms in total. The number of benzene rings is 2. The van der Waals surface area contributed by atoms with E-state index >= 15 is 0 Å². The maximum Gasteiger partial charge on any atom is 0.416 e. The summed E-state index contributed by atoms with van der Waals surface area (Å²) in [5, 5.41) is 8.83. The van der Waals surface area contributed by atoms with Crippen LogP contribution in [0.2, 0.25) is 0 Å². The first-order valence-corrected chi connectivity index (χ1v) is 12.6. The van der Waals surface area contributed by atoms with E-state index in [1.54, 1.807) is 61.9 Å². The van der Waals surface area contributed by atoms with Crippen LogP contribution in [0, 0.1) is 6.92 Å². The van der Waals surface area contributed by atoms with Crippen LogP contribution in [-0.4, -0.2) is 47.5 Å². The lowest BCUT2D eigenvalue weighted by Gasteiger charge is -2.25. The molecule has 0 aliphatic rings. The van der Waals surface area contributed by atoms with Gasteiger partial charge in [-0.15, -0.1) is 0 Å². The maximum absolute atomic E-state index is 13.7. The predicted octanol–water partition coefficient (Wildman–Crippen LogP) is 5.91. The van der Waals surface area contributed by atoms with E-state index in [9.17, 15) is 18.0 Å². The highest BCUT2D eigenvalue weighted by Crippen LogP contribution is 2.34. The number of amides is 1. The summed E-state index contributed by atoms with van der Waals surface area (Å²) in [7, 11) is 3.49. The number of nitrogens with zero attached hydrogens (tertiary/aromatic N) is 4. The van der Waals surface area contributed by atoms with Crippen LogP contribution in [0.25, 0.3) is 11.3 Å². The van der Waals surface area contributed by atoms with Gasteiger partial charge in [-0.05, 0) is 75.0 Å². The molecule has 4 rings (SSSR count). The van der Waals surface area contributed by atoms with E-state index in [2.05, 4.69) is 30.9 Å². The van der Waals surface area contributed by atoms with E-state index in [4.69, 9.17) is 0 Å². The Bertz CT molecular complexity index is 1480. The quantitative estimate of drug-likeness (QED) is 0.239. The summed E-state index contributed by atoms with van der Waals surface area (Å²) in [5.74, 6) is -0.229. The van der Waals surface area contributed by atoms with E-state index in [1.807, 2.05) is 26.0 Å². The van der Waals surface area contributed by atoms with Gasteiger partial charge in [0.15, 0.2) is 0 Å². The van der Waals surface area contributed by atoms with E-state index in [0.29, 0.717) is 29.6 Å². The molecule has 2 aromatic carbocycles. The normalized spacial score (nSPS) is 12.1. The molecule has 4 aromatic rings. The summed E-state index contributed by atoms with van der Waals surface area (Å²) < 4.78 is 41.0. The highest BCUT2D eigenvalue weighted by Gasteiger charge is 2.32. The first-order valence-electron chi connectivity index (χ1n) is 12.6. The summed E-state index contributed by atoms with van der Waals surface area (Å²) in [6.07, 6.45) is 0.409. The van der Waals surface area contributed by atoms with Gasteiger partial charge >= 0.3 is 6.18 Å². The van der Waals surface area contributed by atoms with Gasteiger partial charge in [-0.3, -0.25) is 9.78 Å². The molecule has 0 saturated carbocycles. The van der Waals surface area contributed by atoms with Crippen LogP contribution in [0.3, 0.4) is 0 Å². The van der Waals surface area contributed by atoms with Gasteiger partial charge in [0.25, 0.3) is 5.91 Å². The molecule has 0 aliphatic carbocycles. The lowest BCUT2D eigenvalue weighted by molar-refractivity contribution is -0.137. The molecular formula is C29H30F3N7O. The smallest absolute Gasteiger partial charge is 0.373 e. The molecule has 0 unspecified atom stereocenters. The van der Waals surface area contributed by atoms with Gasteiger partial charge in [-0.2, -0.15) is 13.2 Å². The molecule has 40 heavy (non-hydrogen) atoms. The van der Waals surface area contributed by atoms with Crippen molar-refractivity contribution in [3.8, 4) is 11.3 Å². The first-order chi connectivity index (χ1) is 19.0. The number of alkyl halides is 3. The fraction of sp³-hybridized carbons (Fsp3) is 0.241. The molecule has 0 radical (unpaired) electrons. The van der Waals surface area contributed by atoms with Crippen LogP contribution < -0.4 is 20.9 Å². The topological polar surface area (TPSA) is 95.1 Å². The fourth-order valence-electron chi connectivity index (χ4n) is 3.99. The summed E-state index contributed by atoms with van der Waals surface area (Å²) in [6, 6.07) is 14.0. The van der Waals surface area contributed by atoms with Crippen molar-refractivity contribution in [1.29, 1.82) is 0 Å². The van der Waals surface area contributed by atoms with Gasteiger partial charge in [0, 0.05) is 66.4 Å². The van der Waals surface area contributed by atoms with Crippen molar-refractivity contribution in [1.82, 2.24) is 20.3 Å². The molecule has 2 heterocycles. The minimum atomic E-state index is -4.57. The van der Waals surface area contributed by atoms with Crippen LogP contribution >= 0.6 is 0 Å². The molecule has 11 heteroatoms. The van der Waals surface area contributed by atoms with Crippen molar-refractivity contribution < 1.29 is 18.0 Å². The molecule has 0 aliphatic heterocycles. The molecule has 1 amide bonds. The predicted molar refractivity (Wildman–Crippen MR) is 151 cm³/mol. The molecule has 0 spiro atoms. The van der Waals surface area contributed by atoms with Crippen LogP contribution in [-0.2, 0) is 6.18 Å². The number of anilines is 4. The van der Waals surface area contributed by atoms with Crippen molar-refractivity contribution >= 4 is 28.9 Å². The van der Waals surface area contributed by atoms with Crippen LogP contribution in [0.4, 0.5) is 36.2 Å². The van der Waals surface area contributed by atoms with Gasteiger partial charge in [-0.1, -0.05) is 6.07 Å². The maximum atomic E-state index is 13.7. The van der Waals surface area contributed by atoms with E-state index in [-0.39, 0.29) is 17.3 Å². The number of carbonyl (C=O) groups excluding carboxylic acids is 1. The summed E-state index contributed by atoms with van der Waals surface area (Å²) >= 11 is 0. The van der Waals surface area contributed by atoms with E-state index < -0.39 is 17.6 Å². The van der Waals surface area contributed by atoms with Crippen molar-refractivity contribution in [2.24, 2.45) is 0 Å². The average Bonchev–Trinajstić information content (AvgIpc) is 2.94. The second-order valence-electron chi connectivity index (χ2n) is 9.45. The Kier molecular flexibility index (Phi) is 8.64. The third-order valence-corrected chi connectivity index (χ3v) is 6.34. The van der Waals surface area contributed by atoms with Gasteiger partial charge in [-0.25, -0.2) is 9.97 Å². The van der Waals surface area contributed by atoms with Crippen molar-refractivity contribution in [3.05, 3.63) is 89.9 Å². The zero-order chi connectivity index (χ0) is 28.9. The Morgan fingerprint density at radius 2 is 1.88 bits per heavy atom. The molecule has 1 atom stereocenters. The number of pyridine rings is 1. The number of aryl methyl sites for hydroxylation is 1. The molecular weight excluding hydrogens is 519 g/mol. The number of halogens is 3. The Balaban J connectivity index is 1.57. The SMILES string of the molecule is CN[C@H](C)CN(C)c1cc(NC(=O)c2ccc(C)c(Nc3nccc(-c4cccnc4)n3)c2)cc(C(F)(F)F)c1. The highest BCUT2D eigenvalue weighted by molar-refractivity contribution is 6.05. The molecule has 208 valence electrons. The van der Waals surface area contributed by atoms with E-state index in [1.165, 1.54) is 6.07 Å². The summed E-state index contributed by atoms with van der Waals surface area (Å²) in [4.78, 5) is 27.8. The lowest BCUT2D eigenvalue weighted by atomic mass is 10.1. The van der Waals surface area contributed by atoms with Gasteiger partial charge in [0.1, 0.15) is 0 Å². The number of hydrogen-bond acceptors (Lipinski definition) is 7. The second-order valence-corrected chi connectivity index (χ2v) is 9.45. The van der Waals surface area contributed by atoms with Crippen LogP contribution in [0.5, 0.6) is 0 Å². The minimum absolute atomic E-state index is 0.0429. The molecule has 2 aromatic heterocycles. The molecule has 0 saturated heterocycles. The monoisotopic (exact) mass is 549 g/mol. The molecule has 0 bridgehead atoms. The third kappa shape index (κ3) is 7.11. The Hall–Kier alpha value is -4.51. The third-order valence-electron chi connectivity index (χ3n) is 6.34. The number of likely N-dealkylation sites (N-methyl/N-ethyl adjacent to an activating group) is 2. The number of rotatable bonds is 9. The van der Waals surface area contributed by atoms with Crippen LogP contribution in [0.1, 0.15) is 28.4 Å². The highest BCUT2D eigenvalue weighted by atomic mass is 19.4. The number of hydrogen-bond donors (Lipinski definition) is 3. The van der Waals surface area contributed by atoms with Crippen LogP contribution in [0.15, 0.2) is 73.2 Å². The Morgan fingerprint density at radius 1 is 1.07 bits per heavy atom. The van der Waals surface area contributed by atoms with Gasteiger partial charge in [0.05, 0.1) is 11.3 Å². The number of aromatic nitrogens is 3. The zero-order valence-electron chi connectivity index (χ0n) is 22.5. The molecule has 0 fully saturated rings. The van der Waals surface area contributed by atoms with Crippen molar-refractivity contribution in [3.63, 3.8) is 0 Å².